The topological polar surface area (TPSA) is 85.6 Å². The summed E-state index contributed by atoms with van der Waals surface area (Å²) in [6, 6.07) is 18.2. The van der Waals surface area contributed by atoms with Crippen molar-refractivity contribution in [2.75, 3.05) is 11.9 Å². The van der Waals surface area contributed by atoms with Crippen LogP contribution in [0.3, 0.4) is 0 Å². The molecular formula is C21H21NO5S. The quantitative estimate of drug-likeness (QED) is 0.610. The highest BCUT2D eigenvalue weighted by Crippen LogP contribution is 2.25. The van der Waals surface area contributed by atoms with Crippen LogP contribution < -0.4 is 10.1 Å². The molecule has 6 nitrogen and oxygen atoms in total. The predicted octanol–water partition coefficient (Wildman–Crippen LogP) is 4.29. The van der Waals surface area contributed by atoms with E-state index in [9.17, 15) is 13.2 Å². The number of carbonyl (C=O) groups is 1. The van der Waals surface area contributed by atoms with E-state index in [4.69, 9.17) is 9.15 Å². The van der Waals surface area contributed by atoms with E-state index in [2.05, 4.69) is 5.32 Å². The van der Waals surface area contributed by atoms with Gasteiger partial charge < -0.3 is 14.5 Å². The van der Waals surface area contributed by atoms with E-state index in [0.717, 1.165) is 6.42 Å². The fourth-order valence-electron chi connectivity index (χ4n) is 2.57. The van der Waals surface area contributed by atoms with Crippen molar-refractivity contribution < 1.29 is 22.4 Å². The van der Waals surface area contributed by atoms with Crippen LogP contribution in [-0.4, -0.2) is 20.9 Å². The number of amides is 1. The van der Waals surface area contributed by atoms with Crippen LogP contribution in [0.2, 0.25) is 0 Å². The first-order valence-electron chi connectivity index (χ1n) is 8.89. The Morgan fingerprint density at radius 2 is 1.71 bits per heavy atom. The van der Waals surface area contributed by atoms with Gasteiger partial charge in [0.1, 0.15) is 17.3 Å². The number of sulfone groups is 1. The second kappa shape index (κ2) is 8.75. The van der Waals surface area contributed by atoms with E-state index in [-0.39, 0.29) is 22.2 Å². The molecule has 3 rings (SSSR count). The number of furan rings is 1. The minimum absolute atomic E-state index is 0.0311. The Morgan fingerprint density at radius 1 is 1.00 bits per heavy atom. The van der Waals surface area contributed by atoms with Gasteiger partial charge in [-0.1, -0.05) is 37.3 Å². The number of benzene rings is 2. The van der Waals surface area contributed by atoms with Gasteiger partial charge in [-0.05, 0) is 42.8 Å². The van der Waals surface area contributed by atoms with Gasteiger partial charge in [0.2, 0.25) is 0 Å². The van der Waals surface area contributed by atoms with E-state index in [1.807, 2.05) is 13.0 Å². The van der Waals surface area contributed by atoms with Gasteiger partial charge in [0.05, 0.1) is 17.2 Å². The molecule has 0 aliphatic heterocycles. The second-order valence-corrected chi connectivity index (χ2v) is 8.13. The van der Waals surface area contributed by atoms with Gasteiger partial charge in [-0.3, -0.25) is 4.79 Å². The maximum absolute atomic E-state index is 12.5. The summed E-state index contributed by atoms with van der Waals surface area (Å²) in [5.41, 5.74) is 0.524. The van der Waals surface area contributed by atoms with Crippen molar-refractivity contribution in [2.45, 2.75) is 24.0 Å². The number of hydrogen-bond acceptors (Lipinski definition) is 5. The molecule has 28 heavy (non-hydrogen) atoms. The average Bonchev–Trinajstić information content (AvgIpc) is 3.16. The van der Waals surface area contributed by atoms with Crippen LogP contribution in [0.15, 0.2) is 76.0 Å². The summed E-state index contributed by atoms with van der Waals surface area (Å²) in [5, 5.41) is 2.74. The summed E-state index contributed by atoms with van der Waals surface area (Å²) in [5.74, 6) is 0.000599. The first kappa shape index (κ1) is 19.7. The summed E-state index contributed by atoms with van der Waals surface area (Å²) < 4.78 is 36.0. The van der Waals surface area contributed by atoms with Gasteiger partial charge in [-0.15, -0.1) is 0 Å². The molecule has 1 N–H and O–H groups in total. The van der Waals surface area contributed by atoms with E-state index < -0.39 is 15.7 Å². The summed E-state index contributed by atoms with van der Waals surface area (Å²) in [4.78, 5) is 12.7. The number of anilines is 1. The summed E-state index contributed by atoms with van der Waals surface area (Å²) in [6.07, 6.45) is 0.847. The molecule has 0 saturated carbocycles. The maximum Gasteiger partial charge on any atom is 0.291 e. The van der Waals surface area contributed by atoms with Gasteiger partial charge >= 0.3 is 0 Å². The maximum atomic E-state index is 12.5. The molecule has 146 valence electrons. The molecule has 0 bridgehead atoms. The van der Waals surface area contributed by atoms with Crippen LogP contribution in [0.4, 0.5) is 5.69 Å². The molecule has 7 heteroatoms. The third-order valence-corrected chi connectivity index (χ3v) is 5.57. The molecule has 1 aromatic heterocycles. The van der Waals surface area contributed by atoms with Crippen LogP contribution in [0.1, 0.15) is 29.7 Å². The minimum atomic E-state index is -3.55. The lowest BCUT2D eigenvalue weighted by Crippen LogP contribution is -2.12. The van der Waals surface area contributed by atoms with Crippen LogP contribution in [0.5, 0.6) is 5.75 Å². The predicted molar refractivity (Wildman–Crippen MR) is 106 cm³/mol. The summed E-state index contributed by atoms with van der Waals surface area (Å²) in [7, 11) is -3.55. The van der Waals surface area contributed by atoms with Crippen LogP contribution in [-0.2, 0) is 15.6 Å². The third kappa shape index (κ3) is 4.80. The van der Waals surface area contributed by atoms with Gasteiger partial charge in [-0.25, -0.2) is 8.42 Å². The largest absolute Gasteiger partial charge is 0.491 e. The molecule has 1 amide bonds. The molecule has 1 heterocycles. The fourth-order valence-corrected chi connectivity index (χ4v) is 3.84. The Hall–Kier alpha value is -3.06. The highest BCUT2D eigenvalue weighted by Gasteiger charge is 2.19. The highest BCUT2D eigenvalue weighted by atomic mass is 32.2. The third-order valence-electron chi connectivity index (χ3n) is 3.92. The highest BCUT2D eigenvalue weighted by molar-refractivity contribution is 7.90. The molecule has 0 fully saturated rings. The fraction of sp³-hybridized carbons (Fsp3) is 0.190. The Bertz CT molecular complexity index is 1040. The summed E-state index contributed by atoms with van der Waals surface area (Å²) >= 11 is 0. The lowest BCUT2D eigenvalue weighted by atomic mass is 10.3. The molecule has 3 aromatic rings. The monoisotopic (exact) mass is 399 g/mol. The Morgan fingerprint density at radius 3 is 2.46 bits per heavy atom. The van der Waals surface area contributed by atoms with E-state index in [1.54, 1.807) is 36.4 Å². The van der Waals surface area contributed by atoms with Crippen LogP contribution >= 0.6 is 0 Å². The zero-order valence-electron chi connectivity index (χ0n) is 15.4. The number of rotatable bonds is 8. The molecule has 0 aliphatic rings. The number of nitrogens with one attached hydrogen (secondary N) is 1. The molecule has 0 atom stereocenters. The first-order valence-corrected chi connectivity index (χ1v) is 10.5. The SMILES string of the molecule is CCCOc1ccccc1NC(=O)c1ccc(CS(=O)(=O)c2ccccc2)o1. The van der Waals surface area contributed by atoms with Crippen molar-refractivity contribution in [3.8, 4) is 5.75 Å². The average molecular weight is 399 g/mol. The van der Waals surface area contributed by atoms with E-state index in [1.165, 1.54) is 24.3 Å². The lowest BCUT2D eigenvalue weighted by Gasteiger charge is -2.11. The van der Waals surface area contributed by atoms with Crippen molar-refractivity contribution in [2.24, 2.45) is 0 Å². The van der Waals surface area contributed by atoms with Crippen molar-refractivity contribution in [3.63, 3.8) is 0 Å². The first-order chi connectivity index (χ1) is 13.5. The molecule has 0 aliphatic carbocycles. The van der Waals surface area contributed by atoms with E-state index in [0.29, 0.717) is 18.0 Å². The van der Waals surface area contributed by atoms with Crippen molar-refractivity contribution in [1.29, 1.82) is 0 Å². The second-order valence-electron chi connectivity index (χ2n) is 6.14. The molecule has 0 radical (unpaired) electrons. The Labute approximate surface area is 164 Å². The van der Waals surface area contributed by atoms with Crippen molar-refractivity contribution in [3.05, 3.63) is 78.3 Å². The van der Waals surface area contributed by atoms with E-state index >= 15 is 0 Å². The van der Waals surface area contributed by atoms with Gasteiger partial charge in [0, 0.05) is 0 Å². The van der Waals surface area contributed by atoms with Crippen molar-refractivity contribution >= 4 is 21.4 Å². The minimum Gasteiger partial charge on any atom is -0.491 e. The molecule has 0 spiro atoms. The Balaban J connectivity index is 1.71. The van der Waals surface area contributed by atoms with Gasteiger partial charge in [0.15, 0.2) is 15.6 Å². The molecular weight excluding hydrogens is 378 g/mol. The number of ether oxygens (including phenoxy) is 1. The zero-order valence-corrected chi connectivity index (χ0v) is 16.2. The number of carbonyl (C=O) groups excluding carboxylic acids is 1. The van der Waals surface area contributed by atoms with Gasteiger partial charge in [-0.2, -0.15) is 0 Å². The molecule has 0 saturated heterocycles. The lowest BCUT2D eigenvalue weighted by molar-refractivity contribution is 0.0994. The molecule has 0 unspecified atom stereocenters. The number of para-hydroxylation sites is 2. The standard InChI is InChI=1S/C21H21NO5S/c1-2-14-26-19-11-7-6-10-18(19)22-21(23)20-13-12-16(27-20)15-28(24,25)17-8-4-3-5-9-17/h3-13H,2,14-15H2,1H3,(H,22,23). The summed E-state index contributed by atoms with van der Waals surface area (Å²) in [6.45, 7) is 2.53. The van der Waals surface area contributed by atoms with Gasteiger partial charge in [0.25, 0.3) is 5.91 Å². The smallest absolute Gasteiger partial charge is 0.291 e. The zero-order chi connectivity index (χ0) is 20.0. The Kier molecular flexibility index (Phi) is 6.16. The molecule has 2 aromatic carbocycles. The normalized spacial score (nSPS) is 11.2. The van der Waals surface area contributed by atoms with Crippen LogP contribution in [0.25, 0.3) is 0 Å². The number of hydrogen-bond donors (Lipinski definition) is 1. The van der Waals surface area contributed by atoms with Crippen LogP contribution in [0, 0.1) is 0 Å². The van der Waals surface area contributed by atoms with Crippen molar-refractivity contribution in [1.82, 2.24) is 0 Å².